The molecule has 0 atom stereocenters. The molecule has 0 spiro atoms. The highest BCUT2D eigenvalue weighted by molar-refractivity contribution is 5.42. The number of halogens is 1. The molecule has 0 aliphatic heterocycles. The van der Waals surface area contributed by atoms with Gasteiger partial charge < -0.3 is 10.2 Å². The molecule has 0 saturated heterocycles. The van der Waals surface area contributed by atoms with E-state index in [4.69, 9.17) is 0 Å². The van der Waals surface area contributed by atoms with Gasteiger partial charge in [-0.1, -0.05) is 33.1 Å². The molecule has 1 aromatic rings. The average molecular weight is 293 g/mol. The standard InChI is InChI=1S/C17H28FN3/c1-13(2)20-11-15-9-10-19-17(16(15)18)21(3)12-14-7-5-4-6-8-14/h9-10,13-14,20H,4-8,11-12H2,1-3H3. The number of hydrogen-bond donors (Lipinski definition) is 1. The van der Waals surface area contributed by atoms with Crippen LogP contribution in [0, 0.1) is 11.7 Å². The fourth-order valence-corrected chi connectivity index (χ4v) is 3.03. The summed E-state index contributed by atoms with van der Waals surface area (Å²) in [6, 6.07) is 2.11. The summed E-state index contributed by atoms with van der Waals surface area (Å²) in [6.45, 7) is 5.59. The third-order valence-electron chi connectivity index (χ3n) is 4.27. The van der Waals surface area contributed by atoms with Gasteiger partial charge in [-0.05, 0) is 24.8 Å². The van der Waals surface area contributed by atoms with Crippen molar-refractivity contribution in [1.82, 2.24) is 10.3 Å². The quantitative estimate of drug-likeness (QED) is 0.866. The lowest BCUT2D eigenvalue weighted by atomic mass is 9.89. The van der Waals surface area contributed by atoms with Gasteiger partial charge in [0.05, 0.1) is 0 Å². The summed E-state index contributed by atoms with van der Waals surface area (Å²) in [5, 5.41) is 3.26. The maximum atomic E-state index is 14.6. The number of aromatic nitrogens is 1. The van der Waals surface area contributed by atoms with Crippen LogP contribution >= 0.6 is 0 Å². The first-order valence-electron chi connectivity index (χ1n) is 8.16. The molecule has 0 unspecified atom stereocenters. The monoisotopic (exact) mass is 293 g/mol. The molecule has 0 bridgehead atoms. The van der Waals surface area contributed by atoms with E-state index in [0.29, 0.717) is 29.9 Å². The van der Waals surface area contributed by atoms with Crippen LogP contribution in [0.4, 0.5) is 10.2 Å². The van der Waals surface area contributed by atoms with E-state index in [-0.39, 0.29) is 5.82 Å². The first-order chi connectivity index (χ1) is 10.1. The van der Waals surface area contributed by atoms with E-state index in [1.807, 2.05) is 11.9 Å². The molecular formula is C17H28FN3. The average Bonchev–Trinajstić information content (AvgIpc) is 2.47. The topological polar surface area (TPSA) is 28.2 Å². The van der Waals surface area contributed by atoms with Crippen LogP contribution in [0.2, 0.25) is 0 Å². The Hall–Kier alpha value is -1.16. The molecular weight excluding hydrogens is 265 g/mol. The molecule has 1 heterocycles. The zero-order chi connectivity index (χ0) is 15.2. The van der Waals surface area contributed by atoms with E-state index in [1.165, 1.54) is 32.1 Å². The Balaban J connectivity index is 2.02. The molecule has 1 N–H and O–H groups in total. The third kappa shape index (κ3) is 4.67. The van der Waals surface area contributed by atoms with Gasteiger partial charge in [0.15, 0.2) is 11.6 Å². The molecule has 1 aromatic heterocycles. The van der Waals surface area contributed by atoms with Crippen molar-refractivity contribution in [1.29, 1.82) is 0 Å². The van der Waals surface area contributed by atoms with Crippen molar-refractivity contribution in [2.75, 3.05) is 18.5 Å². The lowest BCUT2D eigenvalue weighted by Gasteiger charge is -2.28. The van der Waals surface area contributed by atoms with Crippen molar-refractivity contribution in [3.63, 3.8) is 0 Å². The highest BCUT2D eigenvalue weighted by Crippen LogP contribution is 2.26. The van der Waals surface area contributed by atoms with Gasteiger partial charge in [-0.2, -0.15) is 0 Å². The molecule has 0 aromatic carbocycles. The Morgan fingerprint density at radius 2 is 2.05 bits per heavy atom. The van der Waals surface area contributed by atoms with Gasteiger partial charge in [0.25, 0.3) is 0 Å². The van der Waals surface area contributed by atoms with Gasteiger partial charge in [-0.15, -0.1) is 0 Å². The molecule has 0 amide bonds. The Kier molecular flexibility index (Phi) is 5.97. The minimum absolute atomic E-state index is 0.177. The predicted molar refractivity (Wildman–Crippen MR) is 86.0 cm³/mol. The second-order valence-electron chi connectivity index (χ2n) is 6.53. The summed E-state index contributed by atoms with van der Waals surface area (Å²) < 4.78 is 14.6. The predicted octanol–water partition coefficient (Wildman–Crippen LogP) is 3.74. The molecule has 2 rings (SSSR count). The van der Waals surface area contributed by atoms with Gasteiger partial charge in [-0.25, -0.2) is 9.37 Å². The van der Waals surface area contributed by atoms with Gasteiger partial charge in [0.2, 0.25) is 0 Å². The highest BCUT2D eigenvalue weighted by atomic mass is 19.1. The summed E-state index contributed by atoms with van der Waals surface area (Å²) in [5.41, 5.74) is 0.698. The highest BCUT2D eigenvalue weighted by Gasteiger charge is 2.19. The second-order valence-corrected chi connectivity index (χ2v) is 6.53. The van der Waals surface area contributed by atoms with Crippen molar-refractivity contribution in [2.45, 2.75) is 58.5 Å². The first kappa shape index (κ1) is 16.2. The molecule has 3 nitrogen and oxygen atoms in total. The zero-order valence-electron chi connectivity index (χ0n) is 13.5. The molecule has 118 valence electrons. The van der Waals surface area contributed by atoms with Gasteiger partial charge in [0.1, 0.15) is 0 Å². The minimum atomic E-state index is -0.177. The van der Waals surface area contributed by atoms with Gasteiger partial charge in [0, 0.05) is 37.9 Å². The molecule has 1 aliphatic rings. The van der Waals surface area contributed by atoms with Gasteiger partial charge >= 0.3 is 0 Å². The maximum Gasteiger partial charge on any atom is 0.170 e. The Morgan fingerprint density at radius 1 is 1.33 bits per heavy atom. The van der Waals surface area contributed by atoms with E-state index < -0.39 is 0 Å². The van der Waals surface area contributed by atoms with Crippen LogP contribution in [0.3, 0.4) is 0 Å². The smallest absolute Gasteiger partial charge is 0.170 e. The SMILES string of the molecule is CC(C)NCc1ccnc(N(C)CC2CCCCC2)c1F. The lowest BCUT2D eigenvalue weighted by molar-refractivity contribution is 0.360. The Labute approximate surface area is 127 Å². The van der Waals surface area contributed by atoms with Crippen molar-refractivity contribution in [3.8, 4) is 0 Å². The fraction of sp³-hybridized carbons (Fsp3) is 0.706. The number of hydrogen-bond acceptors (Lipinski definition) is 3. The number of rotatable bonds is 6. The molecule has 1 aliphatic carbocycles. The van der Waals surface area contributed by atoms with Crippen LogP contribution in [-0.2, 0) is 6.54 Å². The molecule has 4 heteroatoms. The summed E-state index contributed by atoms with van der Waals surface area (Å²) >= 11 is 0. The van der Waals surface area contributed by atoms with Crippen LogP contribution in [-0.4, -0.2) is 24.6 Å². The molecule has 21 heavy (non-hydrogen) atoms. The third-order valence-corrected chi connectivity index (χ3v) is 4.27. The van der Waals surface area contributed by atoms with Crippen molar-refractivity contribution >= 4 is 5.82 Å². The number of nitrogens with one attached hydrogen (secondary N) is 1. The van der Waals surface area contributed by atoms with E-state index >= 15 is 0 Å². The first-order valence-corrected chi connectivity index (χ1v) is 8.16. The van der Waals surface area contributed by atoms with Crippen molar-refractivity contribution in [2.24, 2.45) is 5.92 Å². The fourth-order valence-electron chi connectivity index (χ4n) is 3.03. The minimum Gasteiger partial charge on any atom is -0.357 e. The van der Waals surface area contributed by atoms with Crippen LogP contribution in [0.1, 0.15) is 51.5 Å². The number of anilines is 1. The summed E-state index contributed by atoms with van der Waals surface area (Å²) in [4.78, 5) is 6.24. The molecule has 1 fully saturated rings. The lowest BCUT2D eigenvalue weighted by Crippen LogP contribution is -2.29. The molecule has 0 radical (unpaired) electrons. The second kappa shape index (κ2) is 7.74. The van der Waals surface area contributed by atoms with E-state index in [2.05, 4.69) is 24.1 Å². The summed E-state index contributed by atoms with van der Waals surface area (Å²) in [5.74, 6) is 0.995. The van der Waals surface area contributed by atoms with Crippen LogP contribution in [0.25, 0.3) is 0 Å². The van der Waals surface area contributed by atoms with Crippen molar-refractivity contribution in [3.05, 3.63) is 23.6 Å². The zero-order valence-corrected chi connectivity index (χ0v) is 13.5. The van der Waals surface area contributed by atoms with Crippen molar-refractivity contribution < 1.29 is 4.39 Å². The Morgan fingerprint density at radius 3 is 2.71 bits per heavy atom. The van der Waals surface area contributed by atoms with E-state index in [1.54, 1.807) is 12.3 Å². The summed E-state index contributed by atoms with van der Waals surface area (Å²) in [6.07, 6.45) is 8.22. The van der Waals surface area contributed by atoms with Gasteiger partial charge in [-0.3, -0.25) is 0 Å². The summed E-state index contributed by atoms with van der Waals surface area (Å²) in [7, 11) is 1.96. The van der Waals surface area contributed by atoms with E-state index in [9.17, 15) is 4.39 Å². The van der Waals surface area contributed by atoms with Crippen LogP contribution in [0.5, 0.6) is 0 Å². The maximum absolute atomic E-state index is 14.6. The van der Waals surface area contributed by atoms with Crippen LogP contribution < -0.4 is 10.2 Å². The largest absolute Gasteiger partial charge is 0.357 e. The number of pyridine rings is 1. The Bertz CT molecular complexity index is 442. The molecule has 1 saturated carbocycles. The number of nitrogens with zero attached hydrogens (tertiary/aromatic N) is 2. The normalized spacial score (nSPS) is 16.4. The van der Waals surface area contributed by atoms with E-state index in [0.717, 1.165) is 6.54 Å². The van der Waals surface area contributed by atoms with Crippen LogP contribution in [0.15, 0.2) is 12.3 Å².